The molecule has 1 fully saturated rings. The van der Waals surface area contributed by atoms with Gasteiger partial charge in [0.25, 0.3) is 0 Å². The lowest BCUT2D eigenvalue weighted by Crippen LogP contribution is -2.36. The molecule has 2 atom stereocenters. The first kappa shape index (κ1) is 18.7. The molecule has 6 heteroatoms. The normalized spacial score (nSPS) is 20.1. The lowest BCUT2D eigenvalue weighted by molar-refractivity contribution is -0.00404. The first-order valence-corrected chi connectivity index (χ1v) is 9.32. The second kappa shape index (κ2) is 9.05. The third-order valence-corrected chi connectivity index (χ3v) is 4.75. The summed E-state index contributed by atoms with van der Waals surface area (Å²) in [6.45, 7) is 4.36. The van der Waals surface area contributed by atoms with Crippen molar-refractivity contribution < 1.29 is 14.2 Å². The second-order valence-corrected chi connectivity index (χ2v) is 6.72. The summed E-state index contributed by atoms with van der Waals surface area (Å²) < 4.78 is 19.2. The number of nitrogens with zero attached hydrogens (tertiary/aromatic N) is 2. The predicted molar refractivity (Wildman–Crippen MR) is 101 cm³/mol. The van der Waals surface area contributed by atoms with Gasteiger partial charge in [-0.1, -0.05) is 13.0 Å². The molecule has 6 nitrogen and oxygen atoms in total. The van der Waals surface area contributed by atoms with E-state index in [1.54, 1.807) is 7.11 Å². The monoisotopic (exact) mass is 359 g/mol. The summed E-state index contributed by atoms with van der Waals surface area (Å²) in [7, 11) is 3.69. The average Bonchev–Trinajstić information content (AvgIpc) is 3.11. The Balaban J connectivity index is 1.59. The van der Waals surface area contributed by atoms with E-state index in [0.29, 0.717) is 12.6 Å². The van der Waals surface area contributed by atoms with Gasteiger partial charge in [0.15, 0.2) is 11.5 Å². The largest absolute Gasteiger partial charge is 0.493 e. The summed E-state index contributed by atoms with van der Waals surface area (Å²) in [5, 5.41) is 3.66. The Morgan fingerprint density at radius 3 is 2.96 bits per heavy atom. The molecule has 26 heavy (non-hydrogen) atoms. The third kappa shape index (κ3) is 4.56. The highest BCUT2D eigenvalue weighted by molar-refractivity contribution is 5.43. The zero-order valence-corrected chi connectivity index (χ0v) is 15.9. The number of hydrogen-bond acceptors (Lipinski definition) is 5. The Labute approximate surface area is 155 Å². The smallest absolute Gasteiger partial charge is 0.161 e. The van der Waals surface area contributed by atoms with Gasteiger partial charge in [-0.25, -0.2) is 4.98 Å². The summed E-state index contributed by atoms with van der Waals surface area (Å²) in [5.41, 5.74) is 2.33. The number of aromatic nitrogens is 2. The summed E-state index contributed by atoms with van der Waals surface area (Å²) in [6, 6.07) is 6.55. The molecule has 0 bridgehead atoms. The van der Waals surface area contributed by atoms with E-state index in [-0.39, 0.29) is 6.10 Å². The van der Waals surface area contributed by atoms with Crippen molar-refractivity contribution in [3.8, 4) is 11.5 Å². The van der Waals surface area contributed by atoms with E-state index in [2.05, 4.69) is 29.4 Å². The van der Waals surface area contributed by atoms with Crippen LogP contribution >= 0.6 is 0 Å². The van der Waals surface area contributed by atoms with Crippen LogP contribution in [0.25, 0.3) is 0 Å². The summed E-state index contributed by atoms with van der Waals surface area (Å²) in [5.74, 6) is 1.60. The van der Waals surface area contributed by atoms with Crippen LogP contribution in [0.2, 0.25) is 0 Å². The molecule has 2 aromatic rings. The molecule has 0 radical (unpaired) electrons. The van der Waals surface area contributed by atoms with Gasteiger partial charge in [0.05, 0.1) is 31.9 Å². The van der Waals surface area contributed by atoms with Crippen LogP contribution in [0.15, 0.2) is 30.7 Å². The molecule has 142 valence electrons. The van der Waals surface area contributed by atoms with Gasteiger partial charge < -0.3 is 24.1 Å². The van der Waals surface area contributed by atoms with Crippen molar-refractivity contribution >= 4 is 0 Å². The number of ether oxygens (including phenoxy) is 3. The Bertz CT molecular complexity index is 701. The molecule has 1 saturated heterocycles. The maximum Gasteiger partial charge on any atom is 0.161 e. The standard InChI is InChI=1S/C20H29N3O3/c1-4-8-25-20-10-15(5-6-18(20)24-3)12-22-16-7-9-26-19(11-16)17-13-21-14-23(17)2/h5-6,10,13-14,16,19,22H,4,7-9,11-12H2,1-3H3/t16-,19+/m0/s1. The van der Waals surface area contributed by atoms with Gasteiger partial charge in [0.1, 0.15) is 6.10 Å². The highest BCUT2D eigenvalue weighted by Gasteiger charge is 2.25. The van der Waals surface area contributed by atoms with Gasteiger partial charge in [-0.2, -0.15) is 0 Å². The number of aryl methyl sites for hydroxylation is 1. The minimum Gasteiger partial charge on any atom is -0.493 e. The maximum absolute atomic E-state index is 5.94. The Hall–Kier alpha value is -2.05. The van der Waals surface area contributed by atoms with Gasteiger partial charge in [-0.05, 0) is 37.0 Å². The molecule has 0 amide bonds. The molecule has 1 aromatic carbocycles. The van der Waals surface area contributed by atoms with Crippen molar-refractivity contribution in [3.63, 3.8) is 0 Å². The van der Waals surface area contributed by atoms with Gasteiger partial charge in [-0.15, -0.1) is 0 Å². The van der Waals surface area contributed by atoms with Crippen LogP contribution < -0.4 is 14.8 Å². The van der Waals surface area contributed by atoms with Gasteiger partial charge >= 0.3 is 0 Å². The van der Waals surface area contributed by atoms with E-state index in [1.165, 1.54) is 5.56 Å². The molecule has 1 aliphatic heterocycles. The SMILES string of the molecule is CCCOc1cc(CN[C@H]2CCO[C@@H](c3cncn3C)C2)ccc1OC. The first-order chi connectivity index (χ1) is 12.7. The fraction of sp³-hybridized carbons (Fsp3) is 0.550. The van der Waals surface area contributed by atoms with Gasteiger partial charge in [-0.3, -0.25) is 0 Å². The molecule has 1 aromatic heterocycles. The number of rotatable bonds is 8. The van der Waals surface area contributed by atoms with Crippen LogP contribution in [-0.2, 0) is 18.3 Å². The zero-order chi connectivity index (χ0) is 18.4. The van der Waals surface area contributed by atoms with Crippen molar-refractivity contribution in [3.05, 3.63) is 42.0 Å². The fourth-order valence-electron chi connectivity index (χ4n) is 3.28. The Morgan fingerprint density at radius 1 is 1.35 bits per heavy atom. The molecule has 0 unspecified atom stereocenters. The summed E-state index contributed by atoms with van der Waals surface area (Å²) >= 11 is 0. The van der Waals surface area contributed by atoms with Gasteiger partial charge in [0, 0.05) is 26.2 Å². The number of hydrogen-bond donors (Lipinski definition) is 1. The predicted octanol–water partition coefficient (Wildman–Crippen LogP) is 3.23. The van der Waals surface area contributed by atoms with Crippen LogP contribution in [0.1, 0.15) is 43.5 Å². The number of nitrogens with one attached hydrogen (secondary N) is 1. The number of benzene rings is 1. The topological polar surface area (TPSA) is 57.5 Å². The lowest BCUT2D eigenvalue weighted by atomic mass is 10.0. The second-order valence-electron chi connectivity index (χ2n) is 6.72. The van der Waals surface area contributed by atoms with Crippen LogP contribution in [0.5, 0.6) is 11.5 Å². The van der Waals surface area contributed by atoms with E-state index in [4.69, 9.17) is 14.2 Å². The van der Waals surface area contributed by atoms with Crippen molar-refractivity contribution in [1.82, 2.24) is 14.9 Å². The molecular weight excluding hydrogens is 330 g/mol. The Kier molecular flexibility index (Phi) is 6.52. The fourth-order valence-corrected chi connectivity index (χ4v) is 3.28. The highest BCUT2D eigenvalue weighted by Crippen LogP contribution is 2.30. The van der Waals surface area contributed by atoms with E-state index < -0.39 is 0 Å². The number of methoxy groups -OCH3 is 1. The summed E-state index contributed by atoms with van der Waals surface area (Å²) in [4.78, 5) is 4.20. The average molecular weight is 359 g/mol. The number of imidazole rings is 1. The lowest BCUT2D eigenvalue weighted by Gasteiger charge is -2.30. The molecule has 1 N–H and O–H groups in total. The molecular formula is C20H29N3O3. The minimum absolute atomic E-state index is 0.105. The highest BCUT2D eigenvalue weighted by atomic mass is 16.5. The van der Waals surface area contributed by atoms with Crippen LogP contribution in [0, 0.1) is 0 Å². The van der Waals surface area contributed by atoms with E-state index in [1.807, 2.05) is 30.2 Å². The third-order valence-electron chi connectivity index (χ3n) is 4.75. The van der Waals surface area contributed by atoms with E-state index in [9.17, 15) is 0 Å². The molecule has 0 saturated carbocycles. The van der Waals surface area contributed by atoms with Crippen molar-refractivity contribution in [2.45, 2.75) is 44.9 Å². The van der Waals surface area contributed by atoms with Crippen molar-refractivity contribution in [1.29, 1.82) is 0 Å². The minimum atomic E-state index is 0.105. The molecule has 1 aliphatic rings. The van der Waals surface area contributed by atoms with Crippen molar-refractivity contribution in [2.24, 2.45) is 7.05 Å². The molecule has 3 rings (SSSR count). The molecule has 0 spiro atoms. The summed E-state index contributed by atoms with van der Waals surface area (Å²) in [6.07, 6.45) is 6.77. The maximum atomic E-state index is 5.94. The van der Waals surface area contributed by atoms with E-state index >= 15 is 0 Å². The van der Waals surface area contributed by atoms with Crippen LogP contribution in [0.4, 0.5) is 0 Å². The molecule has 0 aliphatic carbocycles. The van der Waals surface area contributed by atoms with Crippen molar-refractivity contribution in [2.75, 3.05) is 20.3 Å². The van der Waals surface area contributed by atoms with E-state index in [0.717, 1.165) is 49.6 Å². The van der Waals surface area contributed by atoms with Crippen LogP contribution in [-0.4, -0.2) is 35.9 Å². The Morgan fingerprint density at radius 2 is 2.23 bits per heavy atom. The quantitative estimate of drug-likeness (QED) is 0.784. The first-order valence-electron chi connectivity index (χ1n) is 9.32. The van der Waals surface area contributed by atoms with Gasteiger partial charge in [0.2, 0.25) is 0 Å². The zero-order valence-electron chi connectivity index (χ0n) is 15.9. The van der Waals surface area contributed by atoms with Crippen LogP contribution in [0.3, 0.4) is 0 Å². The molecule has 2 heterocycles.